The minimum atomic E-state index is -0.402. The van der Waals surface area contributed by atoms with Gasteiger partial charge in [0.15, 0.2) is 0 Å². The number of ether oxygens (including phenoxy) is 3. The van der Waals surface area contributed by atoms with E-state index in [-0.39, 0.29) is 0 Å². The zero-order valence-electron chi connectivity index (χ0n) is 24.6. The molecule has 3 aromatic carbocycles. The molecule has 214 valence electrons. The molecule has 0 heterocycles. The van der Waals surface area contributed by atoms with Crippen molar-refractivity contribution in [1.82, 2.24) is 0 Å². The summed E-state index contributed by atoms with van der Waals surface area (Å²) in [6.45, 7) is 14.4. The van der Waals surface area contributed by atoms with Crippen LogP contribution in [-0.2, 0) is 16.0 Å². The van der Waals surface area contributed by atoms with Crippen molar-refractivity contribution in [2.24, 2.45) is 0 Å². The average Bonchev–Trinajstić information content (AvgIpc) is 3.01. The van der Waals surface area contributed by atoms with Crippen molar-refractivity contribution in [3.8, 4) is 22.6 Å². The van der Waals surface area contributed by atoms with Crippen LogP contribution < -0.4 is 9.47 Å². The van der Waals surface area contributed by atoms with Crippen LogP contribution in [0.15, 0.2) is 86.0 Å². The Labute approximate surface area is 241 Å². The van der Waals surface area contributed by atoms with Gasteiger partial charge in [-0.2, -0.15) is 0 Å². The van der Waals surface area contributed by atoms with Crippen molar-refractivity contribution >= 4 is 18.3 Å². The number of hydrogen-bond acceptors (Lipinski definition) is 5. The summed E-state index contributed by atoms with van der Waals surface area (Å²) in [7, 11) is 1.63. The Balaban J connectivity index is 0.000000355. The number of unbranched alkanes of at least 4 members (excludes halogenated alkanes) is 1. The molecule has 0 amide bonds. The summed E-state index contributed by atoms with van der Waals surface area (Å²) in [6.07, 6.45) is 9.83. The largest absolute Gasteiger partial charge is 0.496 e. The Kier molecular flexibility index (Phi) is 17.6. The minimum absolute atomic E-state index is 0.343. The molecule has 0 bridgehead atoms. The molecular formula is C35H45NO4. The lowest BCUT2D eigenvalue weighted by molar-refractivity contribution is -0.137. The molecule has 5 heteroatoms. The molecule has 0 aliphatic carbocycles. The molecule has 0 aliphatic heterocycles. The second-order valence-electron chi connectivity index (χ2n) is 8.89. The maximum absolute atomic E-state index is 10.7. The summed E-state index contributed by atoms with van der Waals surface area (Å²) in [4.78, 5) is 10.7. The van der Waals surface area contributed by atoms with E-state index in [4.69, 9.17) is 19.6 Å². The van der Waals surface area contributed by atoms with Crippen LogP contribution in [0.25, 0.3) is 17.2 Å². The predicted octanol–water partition coefficient (Wildman–Crippen LogP) is 8.95. The van der Waals surface area contributed by atoms with Crippen LogP contribution in [0.4, 0.5) is 0 Å². The van der Waals surface area contributed by atoms with Gasteiger partial charge in [-0.1, -0.05) is 102 Å². The molecule has 0 saturated heterocycles. The molecule has 0 spiro atoms. The summed E-state index contributed by atoms with van der Waals surface area (Å²) >= 11 is 0. The van der Waals surface area contributed by atoms with Crippen molar-refractivity contribution in [2.75, 3.05) is 20.3 Å². The highest BCUT2D eigenvalue weighted by atomic mass is 16.5. The number of rotatable bonds is 13. The number of hydrogen-bond donors (Lipinski definition) is 1. The fraction of sp³-hybridized carbons (Fsp3) is 0.314. The van der Waals surface area contributed by atoms with Crippen molar-refractivity contribution in [3.63, 3.8) is 0 Å². The molecule has 1 N–H and O–H groups in total. The number of benzene rings is 3. The zero-order chi connectivity index (χ0) is 29.6. The van der Waals surface area contributed by atoms with Crippen LogP contribution in [0.5, 0.6) is 11.5 Å². The quantitative estimate of drug-likeness (QED) is 0.101. The maximum Gasteiger partial charge on any atom is 0.330 e. The van der Waals surface area contributed by atoms with E-state index in [0.29, 0.717) is 19.6 Å². The molecule has 0 aromatic heterocycles. The van der Waals surface area contributed by atoms with Crippen LogP contribution in [0.3, 0.4) is 0 Å². The number of carbonyl (C=O) groups excluding carboxylic acids is 1. The Hall–Kier alpha value is -4.12. The molecule has 0 radical (unpaired) electrons. The fourth-order valence-electron chi connectivity index (χ4n) is 3.36. The van der Waals surface area contributed by atoms with Crippen molar-refractivity contribution in [1.29, 1.82) is 5.41 Å². The second kappa shape index (κ2) is 20.8. The van der Waals surface area contributed by atoms with E-state index < -0.39 is 5.97 Å². The van der Waals surface area contributed by atoms with E-state index in [1.807, 2.05) is 42.5 Å². The number of methoxy groups -OCH3 is 1. The maximum atomic E-state index is 10.7. The highest BCUT2D eigenvalue weighted by molar-refractivity contribution is 5.84. The summed E-state index contributed by atoms with van der Waals surface area (Å²) in [5, 5.41) is 7.43. The number of esters is 1. The van der Waals surface area contributed by atoms with Crippen LogP contribution in [0.1, 0.15) is 63.1 Å². The second-order valence-corrected chi connectivity index (χ2v) is 8.89. The van der Waals surface area contributed by atoms with E-state index >= 15 is 0 Å². The van der Waals surface area contributed by atoms with Gasteiger partial charge >= 0.3 is 5.97 Å². The summed E-state index contributed by atoms with van der Waals surface area (Å²) in [6, 6.07) is 22.2. The molecule has 0 unspecified atom stereocenters. The van der Waals surface area contributed by atoms with Gasteiger partial charge in [0, 0.05) is 24.3 Å². The first-order chi connectivity index (χ1) is 19.5. The van der Waals surface area contributed by atoms with E-state index in [9.17, 15) is 4.79 Å². The molecule has 3 rings (SSSR count). The highest BCUT2D eigenvalue weighted by Gasteiger charge is 2.04. The molecular weight excluding hydrogens is 498 g/mol. The zero-order valence-corrected chi connectivity index (χ0v) is 24.6. The lowest BCUT2D eigenvalue weighted by Crippen LogP contribution is -2.06. The molecule has 5 nitrogen and oxygen atoms in total. The Morgan fingerprint density at radius 1 is 0.850 bits per heavy atom. The minimum Gasteiger partial charge on any atom is -0.496 e. The number of aryl methyl sites for hydroxylation is 1. The molecule has 0 aliphatic rings. The molecule has 0 saturated carbocycles. The van der Waals surface area contributed by atoms with Gasteiger partial charge in [0.05, 0.1) is 20.3 Å². The third-order valence-corrected chi connectivity index (χ3v) is 5.80. The third-order valence-electron chi connectivity index (χ3n) is 5.80. The third kappa shape index (κ3) is 13.1. The lowest BCUT2D eigenvalue weighted by Gasteiger charge is -2.08. The van der Waals surface area contributed by atoms with Gasteiger partial charge in [-0.3, -0.25) is 0 Å². The molecule has 0 fully saturated rings. The topological polar surface area (TPSA) is 68.6 Å². The van der Waals surface area contributed by atoms with Crippen LogP contribution in [-0.4, -0.2) is 32.5 Å². The normalized spacial score (nSPS) is 9.60. The number of nitrogens with one attached hydrogen (secondary N) is 1. The highest BCUT2D eigenvalue weighted by Crippen LogP contribution is 2.26. The van der Waals surface area contributed by atoms with E-state index in [0.717, 1.165) is 40.7 Å². The van der Waals surface area contributed by atoms with E-state index in [1.165, 1.54) is 36.6 Å². The van der Waals surface area contributed by atoms with Crippen LogP contribution >= 0.6 is 0 Å². The summed E-state index contributed by atoms with van der Waals surface area (Å²) < 4.78 is 15.5. The standard InChI is InChI=1S/C17H19NO.C14H16O3.C4H10/c1-3-4-13-5-7-14(8-6-13)15-9-10-17(19-2)16(11-15)12-18;1-3-12-6-8-13(9-7-12)16-10-5-11-17-14(15)4-2;1-3-4-2/h5-12,18H,3-4H2,1-2H3;3-4,6-9H,1-2,5,10-11H2;3-4H2,1-2H3. The van der Waals surface area contributed by atoms with Gasteiger partial charge in [-0.05, 0) is 52.9 Å². The predicted molar refractivity (Wildman–Crippen MR) is 169 cm³/mol. The van der Waals surface area contributed by atoms with Crippen molar-refractivity contribution < 1.29 is 19.0 Å². The van der Waals surface area contributed by atoms with Gasteiger partial charge < -0.3 is 19.6 Å². The Morgan fingerprint density at radius 2 is 1.50 bits per heavy atom. The van der Waals surface area contributed by atoms with Crippen molar-refractivity contribution in [3.05, 3.63) is 103 Å². The first kappa shape index (κ1) is 33.9. The summed E-state index contributed by atoms with van der Waals surface area (Å²) in [5.74, 6) is 1.13. The molecule has 40 heavy (non-hydrogen) atoms. The summed E-state index contributed by atoms with van der Waals surface area (Å²) in [5.41, 5.74) is 5.51. The lowest BCUT2D eigenvalue weighted by atomic mass is 10.0. The Bertz CT molecular complexity index is 1150. The van der Waals surface area contributed by atoms with Gasteiger partial charge in [-0.25, -0.2) is 4.79 Å². The first-order valence-corrected chi connectivity index (χ1v) is 13.9. The van der Waals surface area contributed by atoms with Crippen LogP contribution in [0, 0.1) is 5.41 Å². The van der Waals surface area contributed by atoms with Gasteiger partial charge in [0.1, 0.15) is 11.5 Å². The van der Waals surface area contributed by atoms with Crippen LogP contribution in [0.2, 0.25) is 0 Å². The number of carbonyl (C=O) groups is 1. The SMILES string of the molecule is C=CC(=O)OCCCOc1ccc(C=C)cc1.CCCC.CCCc1ccc(-c2ccc(OC)c(C=N)c2)cc1. The fourth-order valence-corrected chi connectivity index (χ4v) is 3.36. The van der Waals surface area contributed by atoms with Gasteiger partial charge in [-0.15, -0.1) is 0 Å². The molecule has 3 aromatic rings. The monoisotopic (exact) mass is 543 g/mol. The smallest absolute Gasteiger partial charge is 0.330 e. The van der Waals surface area contributed by atoms with E-state index in [2.05, 4.69) is 58.2 Å². The first-order valence-electron chi connectivity index (χ1n) is 13.9. The Morgan fingerprint density at radius 3 is 2.02 bits per heavy atom. The van der Waals surface area contributed by atoms with Gasteiger partial charge in [0.2, 0.25) is 0 Å². The van der Waals surface area contributed by atoms with Gasteiger partial charge in [0.25, 0.3) is 0 Å². The average molecular weight is 544 g/mol. The van der Waals surface area contributed by atoms with Crippen molar-refractivity contribution in [2.45, 2.75) is 52.9 Å². The van der Waals surface area contributed by atoms with E-state index in [1.54, 1.807) is 13.2 Å². The molecule has 0 atom stereocenters.